The Morgan fingerprint density at radius 3 is 2.24 bits per heavy atom. The van der Waals surface area contributed by atoms with Crippen LogP contribution in [0.3, 0.4) is 0 Å². The van der Waals surface area contributed by atoms with Crippen molar-refractivity contribution in [3.05, 3.63) is 59.7 Å². The largest absolute Gasteiger partial charge is 0.497 e. The van der Waals surface area contributed by atoms with Crippen LogP contribution < -0.4 is 20.1 Å². The average Bonchev–Trinajstić information content (AvgIpc) is 2.65. The Morgan fingerprint density at radius 1 is 1.00 bits per heavy atom. The van der Waals surface area contributed by atoms with Crippen molar-refractivity contribution in [1.29, 1.82) is 0 Å². The molecule has 0 fully saturated rings. The molecule has 6 nitrogen and oxygen atoms in total. The van der Waals surface area contributed by atoms with Crippen molar-refractivity contribution in [2.45, 2.75) is 0 Å². The first-order valence-electron chi connectivity index (χ1n) is 7.60. The summed E-state index contributed by atoms with van der Waals surface area (Å²) < 4.78 is 10.4. The van der Waals surface area contributed by atoms with E-state index in [-0.39, 0.29) is 11.8 Å². The fourth-order valence-electron chi connectivity index (χ4n) is 2.20. The second kappa shape index (κ2) is 8.54. The Morgan fingerprint density at radius 2 is 1.64 bits per heavy atom. The van der Waals surface area contributed by atoms with Gasteiger partial charge in [0.2, 0.25) is 5.91 Å². The van der Waals surface area contributed by atoms with Crippen molar-refractivity contribution < 1.29 is 19.1 Å². The lowest BCUT2D eigenvalue weighted by Crippen LogP contribution is -2.20. The Balaban J connectivity index is 2.16. The fourth-order valence-corrected chi connectivity index (χ4v) is 2.20. The van der Waals surface area contributed by atoms with E-state index in [9.17, 15) is 9.59 Å². The molecule has 2 rings (SSSR count). The van der Waals surface area contributed by atoms with Gasteiger partial charge in [-0.3, -0.25) is 9.59 Å². The van der Waals surface area contributed by atoms with Gasteiger partial charge in [-0.25, -0.2) is 0 Å². The summed E-state index contributed by atoms with van der Waals surface area (Å²) in [7, 11) is 4.66. The summed E-state index contributed by atoms with van der Waals surface area (Å²) in [6.07, 6.45) is 3.03. The molecule has 6 heteroatoms. The topological polar surface area (TPSA) is 76.7 Å². The van der Waals surface area contributed by atoms with Crippen LogP contribution in [0.15, 0.2) is 48.5 Å². The van der Waals surface area contributed by atoms with E-state index in [1.54, 1.807) is 62.8 Å². The van der Waals surface area contributed by atoms with Gasteiger partial charge in [0.05, 0.1) is 25.5 Å². The van der Waals surface area contributed by atoms with Crippen molar-refractivity contribution in [3.63, 3.8) is 0 Å². The Labute approximate surface area is 146 Å². The second-order valence-electron chi connectivity index (χ2n) is 5.09. The van der Waals surface area contributed by atoms with Gasteiger partial charge in [-0.05, 0) is 35.9 Å². The van der Waals surface area contributed by atoms with Crippen molar-refractivity contribution in [1.82, 2.24) is 5.32 Å². The third-order valence-electron chi connectivity index (χ3n) is 3.46. The molecule has 0 atom stereocenters. The zero-order valence-electron chi connectivity index (χ0n) is 14.3. The van der Waals surface area contributed by atoms with Crippen LogP contribution in [0, 0.1) is 0 Å². The molecular formula is C19H20N2O4. The van der Waals surface area contributed by atoms with Gasteiger partial charge in [0.15, 0.2) is 0 Å². The first-order chi connectivity index (χ1) is 12.1. The van der Waals surface area contributed by atoms with Crippen LogP contribution in [0.25, 0.3) is 6.08 Å². The van der Waals surface area contributed by atoms with Crippen LogP contribution in [0.2, 0.25) is 0 Å². The fraction of sp³-hybridized carbons (Fsp3) is 0.158. The minimum atomic E-state index is -0.349. The smallest absolute Gasteiger partial charge is 0.253 e. The highest BCUT2D eigenvalue weighted by Gasteiger charge is 2.10. The van der Waals surface area contributed by atoms with Gasteiger partial charge in [0.25, 0.3) is 5.91 Å². The number of methoxy groups -OCH3 is 2. The molecule has 0 bridgehead atoms. The maximum atomic E-state index is 12.2. The number of rotatable bonds is 6. The molecule has 0 heterocycles. The molecule has 2 aromatic carbocycles. The summed E-state index contributed by atoms with van der Waals surface area (Å²) in [5.41, 5.74) is 1.60. The maximum absolute atomic E-state index is 12.2. The number of hydrogen-bond donors (Lipinski definition) is 2. The number of benzene rings is 2. The number of ether oxygens (including phenoxy) is 2. The number of amides is 2. The molecule has 0 unspecified atom stereocenters. The molecule has 2 amide bonds. The van der Waals surface area contributed by atoms with Crippen LogP contribution in [0.1, 0.15) is 15.9 Å². The second-order valence-corrected chi connectivity index (χ2v) is 5.09. The third-order valence-corrected chi connectivity index (χ3v) is 3.46. The minimum absolute atomic E-state index is 0.266. The maximum Gasteiger partial charge on any atom is 0.253 e. The van der Waals surface area contributed by atoms with E-state index in [0.29, 0.717) is 22.7 Å². The average molecular weight is 340 g/mol. The number of carbonyl (C=O) groups excluding carboxylic acids is 2. The lowest BCUT2D eigenvalue weighted by Gasteiger charge is -2.08. The number of para-hydroxylation sites is 1. The molecular weight excluding hydrogens is 320 g/mol. The summed E-state index contributed by atoms with van der Waals surface area (Å²) in [4.78, 5) is 24.0. The van der Waals surface area contributed by atoms with E-state index < -0.39 is 0 Å². The third kappa shape index (κ3) is 4.84. The lowest BCUT2D eigenvalue weighted by molar-refractivity contribution is -0.111. The zero-order chi connectivity index (χ0) is 18.2. The summed E-state index contributed by atoms with van der Waals surface area (Å²) in [5.74, 6) is 0.643. The van der Waals surface area contributed by atoms with Crippen molar-refractivity contribution in [2.24, 2.45) is 0 Å². The summed E-state index contributed by atoms with van der Waals surface area (Å²) in [6, 6.07) is 12.1. The van der Waals surface area contributed by atoms with Gasteiger partial charge in [-0.1, -0.05) is 12.1 Å². The van der Waals surface area contributed by atoms with Gasteiger partial charge in [-0.15, -0.1) is 0 Å². The highest BCUT2D eigenvalue weighted by atomic mass is 16.5. The molecule has 0 saturated heterocycles. The quantitative estimate of drug-likeness (QED) is 0.793. The van der Waals surface area contributed by atoms with E-state index >= 15 is 0 Å². The van der Waals surface area contributed by atoms with Crippen molar-refractivity contribution in [3.8, 4) is 11.5 Å². The molecule has 0 saturated carbocycles. The predicted octanol–water partition coefficient (Wildman–Crippen LogP) is 2.72. The van der Waals surface area contributed by atoms with Gasteiger partial charge >= 0.3 is 0 Å². The number of carbonyl (C=O) groups is 2. The first kappa shape index (κ1) is 18.1. The number of anilines is 1. The molecule has 0 aromatic heterocycles. The van der Waals surface area contributed by atoms with Gasteiger partial charge in [-0.2, -0.15) is 0 Å². The van der Waals surface area contributed by atoms with E-state index in [1.807, 2.05) is 0 Å². The van der Waals surface area contributed by atoms with Gasteiger partial charge in [0.1, 0.15) is 11.5 Å². The number of hydrogen-bond acceptors (Lipinski definition) is 4. The molecule has 0 radical (unpaired) electrons. The molecule has 130 valence electrons. The summed E-state index contributed by atoms with van der Waals surface area (Å²) >= 11 is 0. The summed E-state index contributed by atoms with van der Waals surface area (Å²) in [6.45, 7) is 0. The molecule has 25 heavy (non-hydrogen) atoms. The van der Waals surface area contributed by atoms with Crippen LogP contribution in [0.5, 0.6) is 11.5 Å². The normalized spacial score (nSPS) is 10.4. The van der Waals surface area contributed by atoms with Crippen LogP contribution in [-0.2, 0) is 4.79 Å². The van der Waals surface area contributed by atoms with Gasteiger partial charge in [0, 0.05) is 19.2 Å². The van der Waals surface area contributed by atoms with E-state index in [1.165, 1.54) is 13.1 Å². The predicted molar refractivity (Wildman–Crippen MR) is 97.0 cm³/mol. The number of nitrogens with one attached hydrogen (secondary N) is 2. The molecule has 0 aliphatic heterocycles. The van der Waals surface area contributed by atoms with E-state index in [4.69, 9.17) is 9.47 Å². The molecule has 2 aromatic rings. The highest BCUT2D eigenvalue weighted by Crippen LogP contribution is 2.23. The van der Waals surface area contributed by atoms with Crippen LogP contribution in [0.4, 0.5) is 5.69 Å². The van der Waals surface area contributed by atoms with E-state index in [2.05, 4.69) is 10.6 Å². The van der Waals surface area contributed by atoms with Crippen molar-refractivity contribution in [2.75, 3.05) is 26.6 Å². The van der Waals surface area contributed by atoms with Crippen molar-refractivity contribution >= 4 is 23.6 Å². The first-order valence-corrected chi connectivity index (χ1v) is 7.60. The summed E-state index contributed by atoms with van der Waals surface area (Å²) in [5, 5.41) is 5.25. The van der Waals surface area contributed by atoms with Crippen LogP contribution in [-0.4, -0.2) is 33.1 Å². The lowest BCUT2D eigenvalue weighted by atomic mass is 10.1. The molecule has 2 N–H and O–H groups in total. The minimum Gasteiger partial charge on any atom is -0.497 e. The standard InChI is InChI=1S/C19H20N2O4/c1-20-19(23)16-6-4-5-7-17(16)21-18(22)9-8-13-10-14(24-2)12-15(11-13)25-3/h4-12H,1-3H3,(H,20,23)(H,21,22)/b9-8+. The highest BCUT2D eigenvalue weighted by molar-refractivity contribution is 6.07. The Hall–Kier alpha value is -3.28. The molecule has 0 aliphatic rings. The molecule has 0 spiro atoms. The Bertz CT molecular complexity index is 778. The SMILES string of the molecule is CNC(=O)c1ccccc1NC(=O)/C=C/c1cc(OC)cc(OC)c1. The molecule has 0 aliphatic carbocycles. The Kier molecular flexibility index (Phi) is 6.17. The van der Waals surface area contributed by atoms with E-state index in [0.717, 1.165) is 5.56 Å². The van der Waals surface area contributed by atoms with Gasteiger partial charge < -0.3 is 20.1 Å². The zero-order valence-corrected chi connectivity index (χ0v) is 14.3. The van der Waals surface area contributed by atoms with Crippen LogP contribution >= 0.6 is 0 Å². The monoisotopic (exact) mass is 340 g/mol.